The first-order chi connectivity index (χ1) is 13.7. The van der Waals surface area contributed by atoms with E-state index < -0.39 is 12.1 Å². The van der Waals surface area contributed by atoms with Crippen LogP contribution in [0.1, 0.15) is 5.56 Å². The summed E-state index contributed by atoms with van der Waals surface area (Å²) in [4.78, 5) is 33.9. The number of carboxylic acids is 1. The third kappa shape index (κ3) is 6.91. The molecule has 2 aliphatic heterocycles. The van der Waals surface area contributed by atoms with E-state index in [1.165, 1.54) is 0 Å². The SMILES string of the molecule is O=C(NCc1ccc(N2CCOC2=O)cc1)[C@H]1COCCN1.O=C(O)C(F)(F)F. The molecule has 2 fully saturated rings. The first kappa shape index (κ1) is 22.4. The Bertz CT molecular complexity index is 720. The number of morpholine rings is 1. The first-order valence-corrected chi connectivity index (χ1v) is 8.60. The minimum Gasteiger partial charge on any atom is -0.475 e. The van der Waals surface area contributed by atoms with Crippen LogP contribution >= 0.6 is 0 Å². The molecule has 1 aromatic rings. The van der Waals surface area contributed by atoms with Crippen molar-refractivity contribution in [3.8, 4) is 0 Å². The van der Waals surface area contributed by atoms with Crippen LogP contribution in [0, 0.1) is 0 Å². The molecule has 0 spiro atoms. The summed E-state index contributed by atoms with van der Waals surface area (Å²) >= 11 is 0. The first-order valence-electron chi connectivity index (χ1n) is 8.60. The minimum absolute atomic E-state index is 0.0631. The number of hydrogen-bond donors (Lipinski definition) is 3. The number of rotatable bonds is 4. The van der Waals surface area contributed by atoms with Crippen molar-refractivity contribution in [2.45, 2.75) is 18.8 Å². The number of ether oxygens (including phenoxy) is 2. The molecular formula is C17H20F3N3O6. The summed E-state index contributed by atoms with van der Waals surface area (Å²) in [6.45, 7) is 3.18. The molecule has 12 heteroatoms. The number of nitrogens with zero attached hydrogens (tertiary/aromatic N) is 1. The summed E-state index contributed by atoms with van der Waals surface area (Å²) in [6.07, 6.45) is -5.40. The van der Waals surface area contributed by atoms with Gasteiger partial charge in [-0.05, 0) is 17.7 Å². The molecule has 2 amide bonds. The predicted octanol–water partition coefficient (Wildman–Crippen LogP) is 0.881. The highest BCUT2D eigenvalue weighted by Crippen LogP contribution is 2.19. The van der Waals surface area contributed by atoms with Crippen molar-refractivity contribution >= 4 is 23.7 Å². The van der Waals surface area contributed by atoms with Crippen molar-refractivity contribution < 1.29 is 42.1 Å². The zero-order valence-electron chi connectivity index (χ0n) is 15.2. The van der Waals surface area contributed by atoms with Crippen LogP contribution < -0.4 is 15.5 Å². The number of alkyl halides is 3. The molecule has 2 aliphatic rings. The Kier molecular flexibility index (Phi) is 7.79. The van der Waals surface area contributed by atoms with E-state index in [0.717, 1.165) is 11.3 Å². The lowest BCUT2D eigenvalue weighted by Gasteiger charge is -2.22. The average Bonchev–Trinajstić information content (AvgIpc) is 3.13. The number of nitrogens with one attached hydrogen (secondary N) is 2. The zero-order valence-corrected chi connectivity index (χ0v) is 15.2. The third-order valence-electron chi connectivity index (χ3n) is 3.96. The normalized spacial score (nSPS) is 19.1. The van der Waals surface area contributed by atoms with Crippen LogP contribution in [0.4, 0.5) is 23.7 Å². The van der Waals surface area contributed by atoms with E-state index in [-0.39, 0.29) is 18.0 Å². The molecule has 3 rings (SSSR count). The second-order valence-corrected chi connectivity index (χ2v) is 6.03. The number of halogens is 3. The maximum Gasteiger partial charge on any atom is 0.490 e. The van der Waals surface area contributed by atoms with E-state index in [1.807, 2.05) is 24.3 Å². The Morgan fingerprint density at radius 3 is 2.38 bits per heavy atom. The molecule has 1 atom stereocenters. The molecule has 0 bridgehead atoms. The summed E-state index contributed by atoms with van der Waals surface area (Å²) in [5, 5.41) is 13.1. The summed E-state index contributed by atoms with van der Waals surface area (Å²) in [6, 6.07) is 7.22. The molecule has 0 radical (unpaired) electrons. The molecule has 2 saturated heterocycles. The van der Waals surface area contributed by atoms with Gasteiger partial charge in [-0.1, -0.05) is 12.1 Å². The number of benzene rings is 1. The van der Waals surface area contributed by atoms with Gasteiger partial charge >= 0.3 is 18.2 Å². The standard InChI is InChI=1S/C15H19N3O4.C2HF3O2/c19-14(13-10-21-7-5-16-13)17-9-11-1-3-12(4-2-11)18-6-8-22-15(18)20;3-2(4,5)1(6)7/h1-4,13,16H,5-10H2,(H,17,19);(H,6,7)/t13-;/m1./s1. The Morgan fingerprint density at radius 2 is 1.90 bits per heavy atom. The van der Waals surface area contributed by atoms with E-state index in [1.54, 1.807) is 4.90 Å². The molecule has 3 N–H and O–H groups in total. The van der Waals surface area contributed by atoms with Gasteiger partial charge in [-0.3, -0.25) is 9.69 Å². The van der Waals surface area contributed by atoms with E-state index in [4.69, 9.17) is 19.4 Å². The Morgan fingerprint density at radius 1 is 1.24 bits per heavy atom. The number of amides is 2. The van der Waals surface area contributed by atoms with Gasteiger partial charge in [0.25, 0.3) is 0 Å². The van der Waals surface area contributed by atoms with Gasteiger partial charge in [-0.15, -0.1) is 0 Å². The van der Waals surface area contributed by atoms with Crippen LogP contribution in [0.5, 0.6) is 0 Å². The second-order valence-electron chi connectivity index (χ2n) is 6.03. The largest absolute Gasteiger partial charge is 0.490 e. The Labute approximate surface area is 163 Å². The fourth-order valence-electron chi connectivity index (χ4n) is 2.47. The molecule has 2 heterocycles. The van der Waals surface area contributed by atoms with E-state index in [9.17, 15) is 22.8 Å². The molecule has 0 saturated carbocycles. The van der Waals surface area contributed by atoms with Crippen molar-refractivity contribution in [3.63, 3.8) is 0 Å². The van der Waals surface area contributed by atoms with Gasteiger partial charge in [0.1, 0.15) is 12.6 Å². The number of cyclic esters (lactones) is 1. The number of carboxylic acid groups (broad SMARTS) is 1. The number of hydrogen-bond acceptors (Lipinski definition) is 6. The van der Waals surface area contributed by atoms with Gasteiger partial charge in [0.2, 0.25) is 5.91 Å². The molecule has 0 unspecified atom stereocenters. The van der Waals surface area contributed by atoms with Gasteiger partial charge in [-0.2, -0.15) is 13.2 Å². The lowest BCUT2D eigenvalue weighted by Crippen LogP contribution is -2.51. The number of carbonyl (C=O) groups is 3. The molecule has 160 valence electrons. The smallest absolute Gasteiger partial charge is 0.475 e. The van der Waals surface area contributed by atoms with Gasteiger partial charge in [0, 0.05) is 18.8 Å². The highest BCUT2D eigenvalue weighted by Gasteiger charge is 2.38. The van der Waals surface area contributed by atoms with Crippen LogP contribution in [0.25, 0.3) is 0 Å². The van der Waals surface area contributed by atoms with Gasteiger partial charge in [0.15, 0.2) is 0 Å². The molecule has 29 heavy (non-hydrogen) atoms. The molecule has 0 aliphatic carbocycles. The number of anilines is 1. The lowest BCUT2D eigenvalue weighted by molar-refractivity contribution is -0.192. The zero-order chi connectivity index (χ0) is 21.4. The van der Waals surface area contributed by atoms with E-state index in [0.29, 0.717) is 39.5 Å². The van der Waals surface area contributed by atoms with Crippen LogP contribution in [0.2, 0.25) is 0 Å². The van der Waals surface area contributed by atoms with Crippen LogP contribution in [-0.4, -0.2) is 68.2 Å². The van der Waals surface area contributed by atoms with Crippen molar-refractivity contribution in [3.05, 3.63) is 29.8 Å². The average molecular weight is 419 g/mol. The monoisotopic (exact) mass is 419 g/mol. The van der Waals surface area contributed by atoms with Crippen molar-refractivity contribution in [1.82, 2.24) is 10.6 Å². The maximum absolute atomic E-state index is 12.0. The summed E-state index contributed by atoms with van der Waals surface area (Å²) in [5.74, 6) is -2.82. The fraction of sp³-hybridized carbons (Fsp3) is 0.471. The minimum atomic E-state index is -5.08. The lowest BCUT2D eigenvalue weighted by atomic mass is 10.2. The van der Waals surface area contributed by atoms with Crippen LogP contribution in [0.15, 0.2) is 24.3 Å². The summed E-state index contributed by atoms with van der Waals surface area (Å²) < 4.78 is 41.9. The highest BCUT2D eigenvalue weighted by molar-refractivity contribution is 5.89. The topological polar surface area (TPSA) is 117 Å². The van der Waals surface area contributed by atoms with Crippen LogP contribution in [0.3, 0.4) is 0 Å². The van der Waals surface area contributed by atoms with Gasteiger partial charge in [0.05, 0.1) is 19.8 Å². The van der Waals surface area contributed by atoms with Crippen molar-refractivity contribution in [1.29, 1.82) is 0 Å². The summed E-state index contributed by atoms with van der Waals surface area (Å²) in [5.41, 5.74) is 1.78. The fourth-order valence-corrected chi connectivity index (χ4v) is 2.47. The molecular weight excluding hydrogens is 399 g/mol. The third-order valence-corrected chi connectivity index (χ3v) is 3.96. The quantitative estimate of drug-likeness (QED) is 0.663. The predicted molar refractivity (Wildman–Crippen MR) is 93.3 cm³/mol. The van der Waals surface area contributed by atoms with Crippen molar-refractivity contribution in [2.75, 3.05) is 37.8 Å². The number of aliphatic carboxylic acids is 1. The van der Waals surface area contributed by atoms with Gasteiger partial charge in [-0.25, -0.2) is 9.59 Å². The molecule has 1 aromatic carbocycles. The van der Waals surface area contributed by atoms with Crippen molar-refractivity contribution in [2.24, 2.45) is 0 Å². The van der Waals surface area contributed by atoms with Gasteiger partial charge < -0.3 is 25.2 Å². The number of carbonyl (C=O) groups excluding carboxylic acids is 2. The molecule has 0 aromatic heterocycles. The second kappa shape index (κ2) is 10.1. The van der Waals surface area contributed by atoms with E-state index >= 15 is 0 Å². The van der Waals surface area contributed by atoms with E-state index in [2.05, 4.69) is 10.6 Å². The Hall–Kier alpha value is -2.86. The Balaban J connectivity index is 0.000000370. The summed E-state index contributed by atoms with van der Waals surface area (Å²) in [7, 11) is 0. The highest BCUT2D eigenvalue weighted by atomic mass is 19.4. The maximum atomic E-state index is 12.0. The van der Waals surface area contributed by atoms with Crippen LogP contribution in [-0.2, 0) is 25.6 Å². The molecule has 9 nitrogen and oxygen atoms in total.